The van der Waals surface area contributed by atoms with E-state index in [1.807, 2.05) is 30.3 Å². The van der Waals surface area contributed by atoms with Gasteiger partial charge in [-0.3, -0.25) is 4.79 Å². The Morgan fingerprint density at radius 1 is 1.22 bits per heavy atom. The van der Waals surface area contributed by atoms with Crippen LogP contribution in [0.15, 0.2) is 30.3 Å². The fourth-order valence-electron chi connectivity index (χ4n) is 3.04. The Kier molecular flexibility index (Phi) is 5.78. The monoisotopic (exact) mass is 339 g/mol. The van der Waals surface area contributed by atoms with Crippen LogP contribution in [0.4, 0.5) is 0 Å². The van der Waals surface area contributed by atoms with Crippen LogP contribution in [0, 0.1) is 0 Å². The van der Waals surface area contributed by atoms with Crippen LogP contribution in [-0.4, -0.2) is 61.5 Å². The molecule has 0 aliphatic carbocycles. The fraction of sp³-hybridized carbons (Fsp3) is 0.562. The Hall–Kier alpha value is -1.44. The largest absolute Gasteiger partial charge is 0.340 e. The maximum absolute atomic E-state index is 12.4. The summed E-state index contributed by atoms with van der Waals surface area (Å²) in [5.74, 6) is -0.801. The molecule has 1 saturated heterocycles. The van der Waals surface area contributed by atoms with Crippen molar-refractivity contribution < 1.29 is 13.2 Å². The first-order valence-electron chi connectivity index (χ1n) is 7.95. The molecule has 1 aliphatic rings. The van der Waals surface area contributed by atoms with Crippen LogP contribution in [-0.2, 0) is 14.8 Å². The van der Waals surface area contributed by atoms with Gasteiger partial charge in [0.05, 0.1) is 0 Å². The summed E-state index contributed by atoms with van der Waals surface area (Å²) in [6.07, 6.45) is 0. The molecule has 128 valence electrons. The molecule has 0 radical (unpaired) electrons. The number of hydrogen-bond acceptors (Lipinski definition) is 4. The summed E-state index contributed by atoms with van der Waals surface area (Å²) < 4.78 is 25.8. The summed E-state index contributed by atoms with van der Waals surface area (Å²) in [7, 11) is -3.56. The number of rotatable bonds is 6. The minimum Gasteiger partial charge on any atom is -0.340 e. The molecule has 2 N–H and O–H groups in total. The zero-order valence-electron chi connectivity index (χ0n) is 13.7. The fourth-order valence-corrected chi connectivity index (χ4v) is 4.51. The number of benzene rings is 1. The van der Waals surface area contributed by atoms with E-state index in [1.54, 1.807) is 18.7 Å². The predicted molar refractivity (Wildman–Crippen MR) is 90.4 cm³/mol. The highest BCUT2D eigenvalue weighted by molar-refractivity contribution is 7.89. The molecular formula is C16H25N3O3S. The Labute approximate surface area is 138 Å². The normalized spacial score (nSPS) is 21.8. The molecule has 2 atom stereocenters. The Morgan fingerprint density at radius 2 is 1.83 bits per heavy atom. The van der Waals surface area contributed by atoms with E-state index in [4.69, 9.17) is 5.73 Å². The van der Waals surface area contributed by atoms with E-state index >= 15 is 0 Å². The lowest BCUT2D eigenvalue weighted by Gasteiger charge is -2.21. The van der Waals surface area contributed by atoms with Crippen molar-refractivity contribution in [3.05, 3.63) is 35.9 Å². The Bertz CT molecular complexity index is 629. The average molecular weight is 339 g/mol. The third-order valence-corrected chi connectivity index (χ3v) is 6.27. The SMILES string of the molecule is CCN(CC)S(=O)(=O)CC(=O)N1C[C@@H](N)[C@H](c2ccccc2)C1. The molecule has 1 fully saturated rings. The zero-order chi connectivity index (χ0) is 17.0. The molecule has 1 amide bonds. The number of likely N-dealkylation sites (tertiary alicyclic amines) is 1. The maximum atomic E-state index is 12.4. The molecule has 0 bridgehead atoms. The van der Waals surface area contributed by atoms with Crippen LogP contribution in [0.25, 0.3) is 0 Å². The molecular weight excluding hydrogens is 314 g/mol. The van der Waals surface area contributed by atoms with Gasteiger partial charge in [-0.1, -0.05) is 44.2 Å². The van der Waals surface area contributed by atoms with E-state index in [0.29, 0.717) is 26.2 Å². The number of amides is 1. The predicted octanol–water partition coefficient (Wildman–Crippen LogP) is 0.611. The second-order valence-electron chi connectivity index (χ2n) is 5.82. The van der Waals surface area contributed by atoms with Gasteiger partial charge in [-0.05, 0) is 5.56 Å². The van der Waals surface area contributed by atoms with Gasteiger partial charge in [0, 0.05) is 38.1 Å². The molecule has 1 aliphatic heterocycles. The van der Waals surface area contributed by atoms with E-state index < -0.39 is 15.8 Å². The smallest absolute Gasteiger partial charge is 0.239 e. The van der Waals surface area contributed by atoms with E-state index in [2.05, 4.69) is 0 Å². The molecule has 0 saturated carbocycles. The van der Waals surface area contributed by atoms with Crippen LogP contribution in [0.1, 0.15) is 25.3 Å². The molecule has 23 heavy (non-hydrogen) atoms. The van der Waals surface area contributed by atoms with Gasteiger partial charge in [0.2, 0.25) is 15.9 Å². The molecule has 0 spiro atoms. The van der Waals surface area contributed by atoms with Gasteiger partial charge >= 0.3 is 0 Å². The summed E-state index contributed by atoms with van der Waals surface area (Å²) in [4.78, 5) is 14.0. The van der Waals surface area contributed by atoms with Gasteiger partial charge in [-0.15, -0.1) is 0 Å². The number of carbonyl (C=O) groups excluding carboxylic acids is 1. The first-order chi connectivity index (χ1) is 10.9. The lowest BCUT2D eigenvalue weighted by Crippen LogP contribution is -2.41. The highest BCUT2D eigenvalue weighted by atomic mass is 32.2. The molecule has 1 aromatic carbocycles. The third kappa shape index (κ3) is 4.10. The van der Waals surface area contributed by atoms with Crippen molar-refractivity contribution in [2.75, 3.05) is 31.9 Å². The summed E-state index contributed by atoms with van der Waals surface area (Å²) in [6, 6.07) is 9.63. The molecule has 0 unspecified atom stereocenters. The maximum Gasteiger partial charge on any atom is 0.239 e. The van der Waals surface area contributed by atoms with E-state index in [-0.39, 0.29) is 17.9 Å². The molecule has 1 aromatic rings. The molecule has 2 rings (SSSR count). The second kappa shape index (κ2) is 7.42. The standard InChI is InChI=1S/C16H25N3O3S/c1-3-19(4-2)23(21,22)12-16(20)18-10-14(15(17)11-18)13-8-6-5-7-9-13/h5-9,14-15H,3-4,10-12,17H2,1-2H3/t14-,15+/m0/s1. The van der Waals surface area contributed by atoms with Gasteiger partial charge < -0.3 is 10.6 Å². The third-order valence-electron chi connectivity index (χ3n) is 4.35. The summed E-state index contributed by atoms with van der Waals surface area (Å²) in [6.45, 7) is 5.14. The number of nitrogens with zero attached hydrogens (tertiary/aromatic N) is 2. The van der Waals surface area contributed by atoms with Gasteiger partial charge in [-0.25, -0.2) is 12.7 Å². The van der Waals surface area contributed by atoms with Crippen molar-refractivity contribution in [3.63, 3.8) is 0 Å². The first kappa shape index (κ1) is 17.9. The van der Waals surface area contributed by atoms with Gasteiger partial charge in [0.1, 0.15) is 5.75 Å². The zero-order valence-corrected chi connectivity index (χ0v) is 14.5. The van der Waals surface area contributed by atoms with Gasteiger partial charge in [0.25, 0.3) is 0 Å². The second-order valence-corrected chi connectivity index (χ2v) is 7.79. The highest BCUT2D eigenvalue weighted by Crippen LogP contribution is 2.26. The van der Waals surface area contributed by atoms with Gasteiger partial charge in [0.15, 0.2) is 0 Å². The number of hydrogen-bond donors (Lipinski definition) is 1. The van der Waals surface area contributed by atoms with Crippen molar-refractivity contribution in [1.82, 2.24) is 9.21 Å². The lowest BCUT2D eigenvalue weighted by molar-refractivity contribution is -0.127. The highest BCUT2D eigenvalue weighted by Gasteiger charge is 2.35. The Morgan fingerprint density at radius 3 is 2.39 bits per heavy atom. The molecule has 1 heterocycles. The van der Waals surface area contributed by atoms with Crippen LogP contribution in [0.5, 0.6) is 0 Å². The summed E-state index contributed by atoms with van der Waals surface area (Å²) >= 11 is 0. The average Bonchev–Trinajstić information content (AvgIpc) is 2.90. The minimum absolute atomic E-state index is 0.0521. The summed E-state index contributed by atoms with van der Waals surface area (Å²) in [5, 5.41) is 0. The topological polar surface area (TPSA) is 83.7 Å². The molecule has 6 nitrogen and oxygen atoms in total. The quantitative estimate of drug-likeness (QED) is 0.823. The van der Waals surface area contributed by atoms with E-state index in [9.17, 15) is 13.2 Å². The number of carbonyl (C=O) groups is 1. The molecule has 7 heteroatoms. The molecule has 0 aromatic heterocycles. The van der Waals surface area contributed by atoms with Crippen molar-refractivity contribution in [3.8, 4) is 0 Å². The number of sulfonamides is 1. The first-order valence-corrected chi connectivity index (χ1v) is 9.56. The Balaban J connectivity index is 2.05. The van der Waals surface area contributed by atoms with Crippen LogP contribution in [0.3, 0.4) is 0 Å². The summed E-state index contributed by atoms with van der Waals surface area (Å²) in [5.41, 5.74) is 7.25. The van der Waals surface area contributed by atoms with Crippen molar-refractivity contribution >= 4 is 15.9 Å². The van der Waals surface area contributed by atoms with Crippen molar-refractivity contribution in [2.45, 2.75) is 25.8 Å². The van der Waals surface area contributed by atoms with Gasteiger partial charge in [-0.2, -0.15) is 0 Å². The van der Waals surface area contributed by atoms with E-state index in [1.165, 1.54) is 4.31 Å². The van der Waals surface area contributed by atoms with Crippen LogP contribution in [0.2, 0.25) is 0 Å². The van der Waals surface area contributed by atoms with E-state index in [0.717, 1.165) is 5.56 Å². The van der Waals surface area contributed by atoms with Crippen molar-refractivity contribution in [1.29, 1.82) is 0 Å². The minimum atomic E-state index is -3.56. The lowest BCUT2D eigenvalue weighted by atomic mass is 9.95. The van der Waals surface area contributed by atoms with Crippen LogP contribution >= 0.6 is 0 Å². The number of nitrogens with two attached hydrogens (primary N) is 1. The van der Waals surface area contributed by atoms with Crippen molar-refractivity contribution in [2.24, 2.45) is 5.73 Å². The van der Waals surface area contributed by atoms with Crippen LogP contribution < -0.4 is 5.73 Å².